The molecule has 0 radical (unpaired) electrons. The number of methoxy groups -OCH3 is 3. The van der Waals surface area contributed by atoms with Crippen molar-refractivity contribution in [1.29, 1.82) is 0 Å². The van der Waals surface area contributed by atoms with Crippen LogP contribution < -0.4 is 14.2 Å². The number of aliphatic hydroxyl groups excluding tert-OH is 1. The Labute approximate surface area is 197 Å². The first-order valence-electron chi connectivity index (χ1n) is 10.5. The zero-order valence-corrected chi connectivity index (χ0v) is 19.0. The van der Waals surface area contributed by atoms with Crippen molar-refractivity contribution in [2.45, 2.75) is 12.6 Å². The highest BCUT2D eigenvalue weighted by molar-refractivity contribution is 6.46. The highest BCUT2D eigenvalue weighted by atomic mass is 16.5. The van der Waals surface area contributed by atoms with Gasteiger partial charge in [-0.2, -0.15) is 0 Å². The lowest BCUT2D eigenvalue weighted by atomic mass is 9.94. The van der Waals surface area contributed by atoms with E-state index in [0.717, 1.165) is 5.56 Å². The van der Waals surface area contributed by atoms with E-state index in [1.807, 2.05) is 6.07 Å². The van der Waals surface area contributed by atoms with Gasteiger partial charge in [-0.05, 0) is 29.3 Å². The summed E-state index contributed by atoms with van der Waals surface area (Å²) in [4.78, 5) is 31.9. The summed E-state index contributed by atoms with van der Waals surface area (Å²) in [5, 5.41) is 11.2. The molecule has 1 amide bonds. The van der Waals surface area contributed by atoms with Crippen LogP contribution in [0.25, 0.3) is 5.76 Å². The van der Waals surface area contributed by atoms with Crippen LogP contribution in [0.3, 0.4) is 0 Å². The fourth-order valence-corrected chi connectivity index (χ4v) is 4.09. The monoisotopic (exact) mass is 460 g/mol. The number of carbonyl (C=O) groups is 2. The Morgan fingerprint density at radius 2 is 1.65 bits per heavy atom. The molecule has 8 nitrogen and oxygen atoms in total. The molecule has 3 aromatic rings. The number of Topliss-reactive ketones (excluding diaryl/α,β-unsaturated/α-hetero) is 1. The molecule has 1 atom stereocenters. The van der Waals surface area contributed by atoms with Crippen LogP contribution in [0, 0.1) is 0 Å². The number of aromatic nitrogens is 1. The maximum absolute atomic E-state index is 13.2. The number of carbonyl (C=O) groups excluding carboxylic acids is 2. The molecule has 174 valence electrons. The number of hydrogen-bond donors (Lipinski definition) is 1. The minimum atomic E-state index is -0.894. The highest BCUT2D eigenvalue weighted by Gasteiger charge is 2.46. The Morgan fingerprint density at radius 3 is 2.21 bits per heavy atom. The van der Waals surface area contributed by atoms with E-state index in [9.17, 15) is 14.7 Å². The lowest BCUT2D eigenvalue weighted by molar-refractivity contribution is -0.140. The topological polar surface area (TPSA) is 98.2 Å². The van der Waals surface area contributed by atoms with E-state index in [4.69, 9.17) is 14.2 Å². The smallest absolute Gasteiger partial charge is 0.295 e. The fraction of sp³-hybridized carbons (Fsp3) is 0.192. The van der Waals surface area contributed by atoms with Crippen molar-refractivity contribution in [2.75, 3.05) is 21.3 Å². The normalized spacial score (nSPS) is 17.0. The summed E-state index contributed by atoms with van der Waals surface area (Å²) in [5.41, 5.74) is 1.67. The molecule has 1 unspecified atom stereocenters. The van der Waals surface area contributed by atoms with Gasteiger partial charge in [-0.15, -0.1) is 0 Å². The van der Waals surface area contributed by atoms with Crippen LogP contribution in [0.1, 0.15) is 22.7 Å². The lowest BCUT2D eigenvalue weighted by Crippen LogP contribution is -2.29. The molecule has 1 aromatic heterocycles. The number of likely N-dealkylation sites (tertiary alicyclic amines) is 1. The molecule has 2 aromatic carbocycles. The van der Waals surface area contributed by atoms with E-state index in [2.05, 4.69) is 4.98 Å². The van der Waals surface area contributed by atoms with Gasteiger partial charge in [-0.25, -0.2) is 0 Å². The number of ketones is 1. The Bertz CT molecular complexity index is 1220. The number of nitrogens with zero attached hydrogens (tertiary/aromatic N) is 2. The zero-order valence-electron chi connectivity index (χ0n) is 19.0. The molecule has 1 N–H and O–H groups in total. The van der Waals surface area contributed by atoms with Gasteiger partial charge in [0.15, 0.2) is 11.5 Å². The van der Waals surface area contributed by atoms with Crippen molar-refractivity contribution in [1.82, 2.24) is 9.88 Å². The van der Waals surface area contributed by atoms with Crippen LogP contribution in [-0.4, -0.2) is 48.0 Å². The second kappa shape index (κ2) is 9.66. The Kier molecular flexibility index (Phi) is 6.49. The lowest BCUT2D eigenvalue weighted by Gasteiger charge is -2.26. The predicted molar refractivity (Wildman–Crippen MR) is 125 cm³/mol. The maximum atomic E-state index is 13.2. The second-order valence-corrected chi connectivity index (χ2v) is 7.61. The van der Waals surface area contributed by atoms with Crippen LogP contribution in [0.4, 0.5) is 0 Å². The summed E-state index contributed by atoms with van der Waals surface area (Å²) in [6.07, 6.45) is 3.26. The predicted octanol–water partition coefficient (Wildman–Crippen LogP) is 3.73. The first kappa shape index (κ1) is 22.8. The molecule has 34 heavy (non-hydrogen) atoms. The number of ether oxygens (including phenoxy) is 3. The molecule has 2 heterocycles. The van der Waals surface area contributed by atoms with Crippen LogP contribution in [0.15, 0.2) is 72.6 Å². The van der Waals surface area contributed by atoms with E-state index in [1.165, 1.54) is 26.2 Å². The molecule has 1 aliphatic rings. The Balaban J connectivity index is 1.94. The van der Waals surface area contributed by atoms with E-state index < -0.39 is 17.7 Å². The maximum Gasteiger partial charge on any atom is 0.295 e. The van der Waals surface area contributed by atoms with Gasteiger partial charge in [0, 0.05) is 24.5 Å². The van der Waals surface area contributed by atoms with Gasteiger partial charge in [0.1, 0.15) is 5.76 Å². The van der Waals surface area contributed by atoms with Gasteiger partial charge in [-0.1, -0.05) is 36.4 Å². The standard InChI is InChI=1S/C26H24N2O6/c1-32-19-12-18(13-20(33-2)25(19)34-3)22-21(23(29)17-9-5-4-6-10-17)24(30)26(31)28(22)15-16-8-7-11-27-14-16/h4-14,22,29H,15H2,1-3H3/b23-21-. The first-order valence-corrected chi connectivity index (χ1v) is 10.5. The van der Waals surface area contributed by atoms with Crippen molar-refractivity contribution >= 4 is 17.4 Å². The average Bonchev–Trinajstić information content (AvgIpc) is 3.13. The third kappa shape index (κ3) is 4.05. The largest absolute Gasteiger partial charge is 0.507 e. The molecular formula is C26H24N2O6. The molecule has 1 fully saturated rings. The molecule has 0 bridgehead atoms. The average molecular weight is 460 g/mol. The molecule has 1 saturated heterocycles. The van der Waals surface area contributed by atoms with E-state index >= 15 is 0 Å². The molecule has 8 heteroatoms. The summed E-state index contributed by atoms with van der Waals surface area (Å²) in [5.74, 6) is -0.649. The van der Waals surface area contributed by atoms with Crippen molar-refractivity contribution in [3.05, 3.63) is 89.3 Å². The van der Waals surface area contributed by atoms with Gasteiger partial charge in [0.2, 0.25) is 5.75 Å². The summed E-state index contributed by atoms with van der Waals surface area (Å²) in [6.45, 7) is 0.116. The van der Waals surface area contributed by atoms with Crippen LogP contribution >= 0.6 is 0 Å². The quantitative estimate of drug-likeness (QED) is 0.326. The molecule has 4 rings (SSSR count). The van der Waals surface area contributed by atoms with Crippen molar-refractivity contribution in [3.63, 3.8) is 0 Å². The molecule has 1 aliphatic heterocycles. The zero-order chi connectivity index (χ0) is 24.2. The minimum Gasteiger partial charge on any atom is -0.507 e. The van der Waals surface area contributed by atoms with Gasteiger partial charge in [0.25, 0.3) is 11.7 Å². The number of aliphatic hydroxyl groups is 1. The summed E-state index contributed by atoms with van der Waals surface area (Å²) in [6, 6.07) is 14.7. The molecule has 0 spiro atoms. The van der Waals surface area contributed by atoms with E-state index in [1.54, 1.807) is 60.9 Å². The van der Waals surface area contributed by atoms with Gasteiger partial charge >= 0.3 is 0 Å². The second-order valence-electron chi connectivity index (χ2n) is 7.61. The fourth-order valence-electron chi connectivity index (χ4n) is 4.09. The third-order valence-corrected chi connectivity index (χ3v) is 5.67. The van der Waals surface area contributed by atoms with E-state index in [-0.39, 0.29) is 17.9 Å². The number of benzene rings is 2. The molecule has 0 saturated carbocycles. The van der Waals surface area contributed by atoms with Crippen molar-refractivity contribution in [2.24, 2.45) is 0 Å². The Morgan fingerprint density at radius 1 is 0.971 bits per heavy atom. The highest BCUT2D eigenvalue weighted by Crippen LogP contribution is 2.46. The van der Waals surface area contributed by atoms with Crippen molar-refractivity contribution < 1.29 is 28.9 Å². The minimum absolute atomic E-state index is 0.0191. The first-order chi connectivity index (χ1) is 16.5. The third-order valence-electron chi connectivity index (χ3n) is 5.67. The number of rotatable bonds is 7. The van der Waals surface area contributed by atoms with Gasteiger partial charge < -0.3 is 24.2 Å². The number of amides is 1. The van der Waals surface area contributed by atoms with E-state index in [0.29, 0.717) is 28.4 Å². The van der Waals surface area contributed by atoms with Crippen LogP contribution in [0.5, 0.6) is 17.2 Å². The SMILES string of the molecule is COc1cc(C2/C(=C(/O)c3ccccc3)C(=O)C(=O)N2Cc2cccnc2)cc(OC)c1OC. The summed E-state index contributed by atoms with van der Waals surface area (Å²) < 4.78 is 16.4. The number of pyridine rings is 1. The van der Waals surface area contributed by atoms with Crippen molar-refractivity contribution in [3.8, 4) is 17.2 Å². The molecular weight excluding hydrogens is 436 g/mol. The number of hydrogen-bond acceptors (Lipinski definition) is 7. The van der Waals surface area contributed by atoms with Crippen LogP contribution in [-0.2, 0) is 16.1 Å². The van der Waals surface area contributed by atoms with Gasteiger partial charge in [-0.3, -0.25) is 14.6 Å². The van der Waals surface area contributed by atoms with Crippen LogP contribution in [0.2, 0.25) is 0 Å². The summed E-state index contributed by atoms with van der Waals surface area (Å²) in [7, 11) is 4.46. The molecule has 0 aliphatic carbocycles. The van der Waals surface area contributed by atoms with Gasteiger partial charge in [0.05, 0.1) is 32.9 Å². The Hall–Kier alpha value is -4.33. The summed E-state index contributed by atoms with van der Waals surface area (Å²) >= 11 is 0.